The second kappa shape index (κ2) is 6.37. The van der Waals surface area contributed by atoms with Crippen molar-refractivity contribution in [3.05, 3.63) is 62.1 Å². The van der Waals surface area contributed by atoms with Crippen molar-refractivity contribution in [2.24, 2.45) is 0 Å². The van der Waals surface area contributed by atoms with Crippen molar-refractivity contribution < 1.29 is 9.66 Å². The second-order valence-corrected chi connectivity index (χ2v) is 5.61. The molecule has 0 spiro atoms. The molecule has 20 heavy (non-hydrogen) atoms. The van der Waals surface area contributed by atoms with Crippen LogP contribution < -0.4 is 4.74 Å². The Hall–Kier alpha value is -1.40. The average Bonchev–Trinajstić information content (AvgIpc) is 2.42. The third-order valence-electron chi connectivity index (χ3n) is 2.76. The van der Waals surface area contributed by atoms with Crippen molar-refractivity contribution >= 4 is 37.5 Å². The Morgan fingerprint density at radius 3 is 2.45 bits per heavy atom. The molecule has 104 valence electrons. The first-order valence-corrected chi connectivity index (χ1v) is 7.70. The van der Waals surface area contributed by atoms with Gasteiger partial charge < -0.3 is 4.74 Å². The number of aryl methyl sites for hydroxylation is 1. The number of alkyl halides is 1. The predicted molar refractivity (Wildman–Crippen MR) is 84.7 cm³/mol. The van der Waals surface area contributed by atoms with Crippen molar-refractivity contribution in [1.29, 1.82) is 0 Å². The van der Waals surface area contributed by atoms with E-state index in [-0.39, 0.29) is 5.69 Å². The van der Waals surface area contributed by atoms with Gasteiger partial charge in [-0.3, -0.25) is 10.1 Å². The Balaban J connectivity index is 2.29. The SMILES string of the molecule is Cc1cc(Oc2ccc([N+](=O)[O-])c(CBr)c2)ccc1Br. The molecule has 2 aromatic carbocycles. The van der Waals surface area contributed by atoms with Crippen LogP contribution in [0.15, 0.2) is 40.9 Å². The quantitative estimate of drug-likeness (QED) is 0.394. The highest BCUT2D eigenvalue weighted by molar-refractivity contribution is 9.10. The number of nitrogens with zero attached hydrogens (tertiary/aromatic N) is 1. The average molecular weight is 401 g/mol. The molecule has 0 saturated carbocycles. The summed E-state index contributed by atoms with van der Waals surface area (Å²) < 4.78 is 6.74. The Bertz CT molecular complexity index is 659. The van der Waals surface area contributed by atoms with Crippen LogP contribution in [0, 0.1) is 17.0 Å². The van der Waals surface area contributed by atoms with Gasteiger partial charge >= 0.3 is 0 Å². The molecule has 0 aliphatic carbocycles. The number of nitro benzene ring substituents is 1. The van der Waals surface area contributed by atoms with Crippen molar-refractivity contribution in [1.82, 2.24) is 0 Å². The van der Waals surface area contributed by atoms with Gasteiger partial charge in [-0.15, -0.1) is 0 Å². The Labute approximate surface area is 133 Å². The van der Waals surface area contributed by atoms with Gasteiger partial charge in [-0.25, -0.2) is 0 Å². The molecule has 0 unspecified atom stereocenters. The molecule has 0 aromatic heterocycles. The lowest BCUT2D eigenvalue weighted by Crippen LogP contribution is -1.94. The summed E-state index contributed by atoms with van der Waals surface area (Å²) in [6.07, 6.45) is 0. The van der Waals surface area contributed by atoms with E-state index in [0.29, 0.717) is 22.4 Å². The van der Waals surface area contributed by atoms with Gasteiger partial charge in [0.1, 0.15) is 11.5 Å². The highest BCUT2D eigenvalue weighted by atomic mass is 79.9. The summed E-state index contributed by atoms with van der Waals surface area (Å²) in [4.78, 5) is 10.5. The van der Waals surface area contributed by atoms with Gasteiger partial charge in [-0.2, -0.15) is 0 Å². The minimum absolute atomic E-state index is 0.0845. The maximum absolute atomic E-state index is 10.9. The molecule has 0 aliphatic heterocycles. The first kappa shape index (κ1) is 15.0. The molecule has 0 radical (unpaired) electrons. The summed E-state index contributed by atoms with van der Waals surface area (Å²) in [7, 11) is 0. The fraction of sp³-hybridized carbons (Fsp3) is 0.143. The molecule has 0 atom stereocenters. The van der Waals surface area contributed by atoms with Gasteiger partial charge in [-0.1, -0.05) is 31.9 Å². The number of nitro groups is 1. The minimum Gasteiger partial charge on any atom is -0.457 e. The third kappa shape index (κ3) is 3.37. The van der Waals surface area contributed by atoms with Crippen molar-refractivity contribution in [3.63, 3.8) is 0 Å². The van der Waals surface area contributed by atoms with E-state index in [1.807, 2.05) is 25.1 Å². The van der Waals surface area contributed by atoms with Crippen LogP contribution >= 0.6 is 31.9 Å². The Morgan fingerprint density at radius 1 is 1.20 bits per heavy atom. The van der Waals surface area contributed by atoms with Gasteiger partial charge in [-0.05, 0) is 42.8 Å². The predicted octanol–water partition coefficient (Wildman–Crippen LogP) is 5.35. The van der Waals surface area contributed by atoms with Gasteiger partial charge in [0.25, 0.3) is 5.69 Å². The lowest BCUT2D eigenvalue weighted by Gasteiger charge is -2.08. The molecule has 4 nitrogen and oxygen atoms in total. The number of hydrogen-bond acceptors (Lipinski definition) is 3. The fourth-order valence-corrected chi connectivity index (χ4v) is 2.42. The van der Waals surface area contributed by atoms with E-state index in [0.717, 1.165) is 10.0 Å². The van der Waals surface area contributed by atoms with Crippen LogP contribution in [0.3, 0.4) is 0 Å². The molecule has 0 aliphatic rings. The zero-order valence-corrected chi connectivity index (χ0v) is 13.8. The largest absolute Gasteiger partial charge is 0.457 e. The summed E-state index contributed by atoms with van der Waals surface area (Å²) in [6, 6.07) is 10.4. The standard InChI is InChI=1S/C14H11Br2NO3/c1-9-6-11(2-4-13(9)16)20-12-3-5-14(17(18)19)10(7-12)8-15/h2-7H,8H2,1H3. The van der Waals surface area contributed by atoms with Crippen LogP contribution in [0.1, 0.15) is 11.1 Å². The van der Waals surface area contributed by atoms with E-state index < -0.39 is 4.92 Å². The van der Waals surface area contributed by atoms with Gasteiger partial charge in [0.15, 0.2) is 0 Å². The highest BCUT2D eigenvalue weighted by Gasteiger charge is 2.13. The van der Waals surface area contributed by atoms with E-state index in [2.05, 4.69) is 31.9 Å². The number of benzene rings is 2. The normalized spacial score (nSPS) is 10.3. The maximum atomic E-state index is 10.9. The van der Waals surface area contributed by atoms with Crippen LogP contribution in [0.2, 0.25) is 0 Å². The van der Waals surface area contributed by atoms with Gasteiger partial charge in [0, 0.05) is 21.4 Å². The first-order valence-electron chi connectivity index (χ1n) is 5.78. The molecule has 0 N–H and O–H groups in total. The van der Waals surface area contributed by atoms with Crippen molar-refractivity contribution in [2.75, 3.05) is 0 Å². The van der Waals surface area contributed by atoms with Crippen LogP contribution in [0.5, 0.6) is 11.5 Å². The summed E-state index contributed by atoms with van der Waals surface area (Å²) >= 11 is 6.68. The van der Waals surface area contributed by atoms with Crippen LogP contribution in [0.25, 0.3) is 0 Å². The molecular formula is C14H11Br2NO3. The molecule has 2 rings (SSSR count). The second-order valence-electron chi connectivity index (χ2n) is 4.19. The smallest absolute Gasteiger partial charge is 0.273 e. The fourth-order valence-electron chi connectivity index (χ4n) is 1.73. The van der Waals surface area contributed by atoms with Gasteiger partial charge in [0.05, 0.1) is 4.92 Å². The monoisotopic (exact) mass is 399 g/mol. The van der Waals surface area contributed by atoms with Gasteiger partial charge in [0.2, 0.25) is 0 Å². The minimum atomic E-state index is -0.399. The lowest BCUT2D eigenvalue weighted by atomic mass is 10.2. The number of hydrogen-bond donors (Lipinski definition) is 0. The summed E-state index contributed by atoms with van der Waals surface area (Å²) in [5.74, 6) is 1.27. The molecule has 0 saturated heterocycles. The number of rotatable bonds is 4. The molecule has 0 amide bonds. The summed E-state index contributed by atoms with van der Waals surface area (Å²) in [5.41, 5.74) is 1.73. The highest BCUT2D eigenvalue weighted by Crippen LogP contribution is 2.30. The van der Waals surface area contributed by atoms with E-state index in [9.17, 15) is 10.1 Å². The van der Waals surface area contributed by atoms with Crippen LogP contribution in [-0.4, -0.2) is 4.92 Å². The molecule has 0 heterocycles. The summed E-state index contributed by atoms with van der Waals surface area (Å²) in [5, 5.41) is 11.3. The molecule has 0 fully saturated rings. The topological polar surface area (TPSA) is 52.4 Å². The molecule has 6 heteroatoms. The Morgan fingerprint density at radius 2 is 1.85 bits per heavy atom. The van der Waals surface area contributed by atoms with Crippen LogP contribution in [-0.2, 0) is 5.33 Å². The van der Waals surface area contributed by atoms with Crippen LogP contribution in [0.4, 0.5) is 5.69 Å². The first-order chi connectivity index (χ1) is 9.51. The molecule has 2 aromatic rings. The molecule has 0 bridgehead atoms. The third-order valence-corrected chi connectivity index (χ3v) is 4.25. The number of halogens is 2. The van der Waals surface area contributed by atoms with Crippen molar-refractivity contribution in [3.8, 4) is 11.5 Å². The van der Waals surface area contributed by atoms with E-state index in [1.54, 1.807) is 12.1 Å². The maximum Gasteiger partial charge on any atom is 0.273 e. The van der Waals surface area contributed by atoms with E-state index in [1.165, 1.54) is 6.07 Å². The zero-order valence-electron chi connectivity index (χ0n) is 10.6. The molecular weight excluding hydrogens is 390 g/mol. The van der Waals surface area contributed by atoms with E-state index in [4.69, 9.17) is 4.74 Å². The van der Waals surface area contributed by atoms with E-state index >= 15 is 0 Å². The number of ether oxygens (including phenoxy) is 1. The van der Waals surface area contributed by atoms with Crippen molar-refractivity contribution in [2.45, 2.75) is 12.3 Å². The lowest BCUT2D eigenvalue weighted by molar-refractivity contribution is -0.385. The summed E-state index contributed by atoms with van der Waals surface area (Å²) in [6.45, 7) is 1.97. The zero-order chi connectivity index (χ0) is 14.7. The Kier molecular flexibility index (Phi) is 4.77.